The van der Waals surface area contributed by atoms with Gasteiger partial charge in [0.05, 0.1) is 28.4 Å². The van der Waals surface area contributed by atoms with Gasteiger partial charge < -0.3 is 15.3 Å². The van der Waals surface area contributed by atoms with E-state index in [0.717, 1.165) is 22.1 Å². The summed E-state index contributed by atoms with van der Waals surface area (Å²) in [6, 6.07) is 13.0. The lowest BCUT2D eigenvalue weighted by molar-refractivity contribution is 0.101. The summed E-state index contributed by atoms with van der Waals surface area (Å²) in [6.45, 7) is 0. The lowest BCUT2D eigenvalue weighted by Gasteiger charge is -2.02. The SMILES string of the molecule is O=C(Nc1ccc2nc[nH]c2c1)c1nc2ccccc2[nH]1. The molecule has 6 nitrogen and oxygen atoms in total. The smallest absolute Gasteiger partial charge is 0.291 e. The molecule has 0 bridgehead atoms. The van der Waals surface area contributed by atoms with Gasteiger partial charge >= 0.3 is 0 Å². The van der Waals surface area contributed by atoms with E-state index in [0.29, 0.717) is 11.5 Å². The number of amides is 1. The van der Waals surface area contributed by atoms with Gasteiger partial charge in [0.25, 0.3) is 5.91 Å². The molecular weight excluding hydrogens is 266 g/mol. The molecule has 0 saturated heterocycles. The van der Waals surface area contributed by atoms with Gasteiger partial charge in [0, 0.05) is 5.69 Å². The van der Waals surface area contributed by atoms with Crippen LogP contribution in [-0.4, -0.2) is 25.8 Å². The van der Waals surface area contributed by atoms with Crippen molar-refractivity contribution in [1.82, 2.24) is 19.9 Å². The second kappa shape index (κ2) is 4.45. The number of fused-ring (bicyclic) bond motifs is 2. The number of H-pyrrole nitrogens is 2. The Morgan fingerprint density at radius 2 is 1.95 bits per heavy atom. The van der Waals surface area contributed by atoms with E-state index in [1.54, 1.807) is 6.33 Å². The van der Waals surface area contributed by atoms with Crippen molar-refractivity contribution in [3.8, 4) is 0 Å². The molecule has 0 aliphatic carbocycles. The van der Waals surface area contributed by atoms with Gasteiger partial charge in [-0.1, -0.05) is 12.1 Å². The Kier molecular flexibility index (Phi) is 2.47. The number of aromatic amines is 2. The zero-order valence-electron chi connectivity index (χ0n) is 10.9. The molecule has 0 atom stereocenters. The molecule has 2 heterocycles. The number of aromatic nitrogens is 4. The molecule has 2 aromatic heterocycles. The van der Waals surface area contributed by atoms with Gasteiger partial charge in [0.1, 0.15) is 0 Å². The third-order valence-electron chi connectivity index (χ3n) is 3.28. The second-order valence-corrected chi connectivity index (χ2v) is 4.69. The summed E-state index contributed by atoms with van der Waals surface area (Å²) in [4.78, 5) is 26.7. The van der Waals surface area contributed by atoms with Crippen LogP contribution in [0.3, 0.4) is 0 Å². The summed E-state index contributed by atoms with van der Waals surface area (Å²) in [6.07, 6.45) is 1.62. The molecule has 0 fully saturated rings. The van der Waals surface area contributed by atoms with Crippen molar-refractivity contribution >= 4 is 33.7 Å². The number of nitrogens with zero attached hydrogens (tertiary/aromatic N) is 2. The predicted molar refractivity (Wildman–Crippen MR) is 80.1 cm³/mol. The van der Waals surface area contributed by atoms with E-state index in [4.69, 9.17) is 0 Å². The number of rotatable bonds is 2. The zero-order valence-corrected chi connectivity index (χ0v) is 10.9. The fraction of sp³-hybridized carbons (Fsp3) is 0. The average Bonchev–Trinajstić information content (AvgIpc) is 3.13. The molecule has 2 aromatic carbocycles. The van der Waals surface area contributed by atoms with Crippen molar-refractivity contribution in [3.63, 3.8) is 0 Å². The number of anilines is 1. The molecule has 3 N–H and O–H groups in total. The van der Waals surface area contributed by atoms with Crippen molar-refractivity contribution in [3.05, 3.63) is 54.6 Å². The van der Waals surface area contributed by atoms with Crippen LogP contribution in [-0.2, 0) is 0 Å². The van der Waals surface area contributed by atoms with E-state index in [9.17, 15) is 4.79 Å². The van der Waals surface area contributed by atoms with Crippen molar-refractivity contribution in [2.75, 3.05) is 5.32 Å². The Bertz CT molecular complexity index is 920. The number of hydrogen-bond donors (Lipinski definition) is 3. The van der Waals surface area contributed by atoms with Gasteiger partial charge in [-0.25, -0.2) is 9.97 Å². The average molecular weight is 277 g/mol. The normalized spacial score (nSPS) is 11.0. The summed E-state index contributed by atoms with van der Waals surface area (Å²) in [5.74, 6) is 0.0194. The first-order valence-electron chi connectivity index (χ1n) is 6.49. The molecule has 0 unspecified atom stereocenters. The van der Waals surface area contributed by atoms with E-state index in [-0.39, 0.29) is 5.91 Å². The van der Waals surface area contributed by atoms with Crippen LogP contribution in [0.25, 0.3) is 22.1 Å². The van der Waals surface area contributed by atoms with Gasteiger partial charge in [0.2, 0.25) is 0 Å². The van der Waals surface area contributed by atoms with Crippen LogP contribution < -0.4 is 5.32 Å². The van der Waals surface area contributed by atoms with Crippen LogP contribution in [0.15, 0.2) is 48.8 Å². The highest BCUT2D eigenvalue weighted by atomic mass is 16.2. The molecule has 4 aromatic rings. The minimum Gasteiger partial charge on any atom is -0.345 e. The molecule has 0 spiro atoms. The third-order valence-corrected chi connectivity index (χ3v) is 3.28. The maximum absolute atomic E-state index is 12.2. The van der Waals surface area contributed by atoms with Crippen LogP contribution >= 0.6 is 0 Å². The van der Waals surface area contributed by atoms with E-state index >= 15 is 0 Å². The Morgan fingerprint density at radius 3 is 2.86 bits per heavy atom. The molecule has 0 radical (unpaired) electrons. The molecule has 1 amide bonds. The highest BCUT2D eigenvalue weighted by Crippen LogP contribution is 2.17. The lowest BCUT2D eigenvalue weighted by atomic mass is 10.2. The maximum Gasteiger partial charge on any atom is 0.291 e. The topological polar surface area (TPSA) is 86.5 Å². The van der Waals surface area contributed by atoms with Crippen molar-refractivity contribution < 1.29 is 4.79 Å². The minimum atomic E-state index is -0.273. The van der Waals surface area contributed by atoms with Gasteiger partial charge in [-0.2, -0.15) is 0 Å². The summed E-state index contributed by atoms with van der Waals surface area (Å²) in [5, 5.41) is 2.82. The van der Waals surface area contributed by atoms with Crippen LogP contribution in [0.1, 0.15) is 10.6 Å². The Labute approximate surface area is 119 Å². The maximum atomic E-state index is 12.2. The van der Waals surface area contributed by atoms with Gasteiger partial charge in [-0.05, 0) is 30.3 Å². The number of para-hydroxylation sites is 2. The van der Waals surface area contributed by atoms with E-state index in [1.807, 2.05) is 42.5 Å². The Balaban J connectivity index is 1.64. The summed E-state index contributed by atoms with van der Waals surface area (Å²) in [5.41, 5.74) is 4.03. The lowest BCUT2D eigenvalue weighted by Crippen LogP contribution is -2.13. The molecule has 4 rings (SSSR count). The quantitative estimate of drug-likeness (QED) is 0.526. The van der Waals surface area contributed by atoms with E-state index in [2.05, 4.69) is 25.3 Å². The number of imidazole rings is 2. The number of carbonyl (C=O) groups is 1. The number of nitrogens with one attached hydrogen (secondary N) is 3. The summed E-state index contributed by atoms with van der Waals surface area (Å²) < 4.78 is 0. The number of hydrogen-bond acceptors (Lipinski definition) is 3. The van der Waals surface area contributed by atoms with Crippen LogP contribution in [0.4, 0.5) is 5.69 Å². The Hall–Kier alpha value is -3.15. The summed E-state index contributed by atoms with van der Waals surface area (Å²) >= 11 is 0. The van der Waals surface area contributed by atoms with Crippen molar-refractivity contribution in [2.24, 2.45) is 0 Å². The molecule has 0 aliphatic heterocycles. The number of carbonyl (C=O) groups excluding carboxylic acids is 1. The highest BCUT2D eigenvalue weighted by Gasteiger charge is 2.11. The number of benzene rings is 2. The molecule has 6 heteroatoms. The van der Waals surface area contributed by atoms with Crippen LogP contribution in [0, 0.1) is 0 Å². The van der Waals surface area contributed by atoms with Crippen LogP contribution in [0.2, 0.25) is 0 Å². The van der Waals surface area contributed by atoms with E-state index < -0.39 is 0 Å². The molecule has 102 valence electrons. The first kappa shape index (κ1) is 11.7. The standard InChI is InChI=1S/C15H11N5O/c21-15(14-19-11-3-1-2-4-12(11)20-14)18-9-5-6-10-13(7-9)17-8-16-10/h1-8H,(H,16,17)(H,18,21)(H,19,20). The summed E-state index contributed by atoms with van der Waals surface area (Å²) in [7, 11) is 0. The van der Waals surface area contributed by atoms with Gasteiger partial charge in [-0.15, -0.1) is 0 Å². The molecule has 0 saturated carbocycles. The molecular formula is C15H11N5O. The highest BCUT2D eigenvalue weighted by molar-refractivity contribution is 6.04. The fourth-order valence-corrected chi connectivity index (χ4v) is 2.26. The second-order valence-electron chi connectivity index (χ2n) is 4.69. The van der Waals surface area contributed by atoms with Crippen molar-refractivity contribution in [1.29, 1.82) is 0 Å². The monoisotopic (exact) mass is 277 g/mol. The minimum absolute atomic E-state index is 0.273. The van der Waals surface area contributed by atoms with Crippen molar-refractivity contribution in [2.45, 2.75) is 0 Å². The van der Waals surface area contributed by atoms with Gasteiger partial charge in [0.15, 0.2) is 5.82 Å². The zero-order chi connectivity index (χ0) is 14.2. The Morgan fingerprint density at radius 1 is 1.05 bits per heavy atom. The van der Waals surface area contributed by atoms with E-state index in [1.165, 1.54) is 0 Å². The predicted octanol–water partition coefficient (Wildman–Crippen LogP) is 2.69. The largest absolute Gasteiger partial charge is 0.345 e. The molecule has 0 aliphatic rings. The molecule has 21 heavy (non-hydrogen) atoms. The first-order valence-corrected chi connectivity index (χ1v) is 6.49. The van der Waals surface area contributed by atoms with Crippen LogP contribution in [0.5, 0.6) is 0 Å². The van der Waals surface area contributed by atoms with Gasteiger partial charge in [-0.3, -0.25) is 4.79 Å². The fourth-order valence-electron chi connectivity index (χ4n) is 2.26. The first-order chi connectivity index (χ1) is 10.3. The third kappa shape index (κ3) is 2.02.